The molecule has 7 heteroatoms. The lowest BCUT2D eigenvalue weighted by Crippen LogP contribution is -2.45. The van der Waals surface area contributed by atoms with Gasteiger partial charge < -0.3 is 9.84 Å². The number of carbonyl (C=O) groups is 1. The van der Waals surface area contributed by atoms with Crippen molar-refractivity contribution < 1.29 is 23.1 Å². The van der Waals surface area contributed by atoms with Gasteiger partial charge in [-0.3, -0.25) is 4.79 Å². The summed E-state index contributed by atoms with van der Waals surface area (Å²) in [6.45, 7) is 0.438. The van der Waals surface area contributed by atoms with Gasteiger partial charge in [0, 0.05) is 20.2 Å². The van der Waals surface area contributed by atoms with Crippen LogP contribution >= 0.6 is 0 Å². The molecule has 0 aliphatic carbocycles. The molecule has 1 aromatic rings. The van der Waals surface area contributed by atoms with E-state index in [2.05, 4.69) is 0 Å². The van der Waals surface area contributed by atoms with Gasteiger partial charge in [-0.1, -0.05) is 30.3 Å². The van der Waals surface area contributed by atoms with Gasteiger partial charge in [0.25, 0.3) is 0 Å². The summed E-state index contributed by atoms with van der Waals surface area (Å²) in [4.78, 5) is 11.1. The van der Waals surface area contributed by atoms with Gasteiger partial charge >= 0.3 is 5.97 Å². The van der Waals surface area contributed by atoms with Gasteiger partial charge in [0.05, 0.1) is 17.8 Å². The van der Waals surface area contributed by atoms with Crippen LogP contribution in [-0.2, 0) is 26.0 Å². The summed E-state index contributed by atoms with van der Waals surface area (Å²) < 4.78 is 31.8. The van der Waals surface area contributed by atoms with E-state index in [4.69, 9.17) is 9.84 Å². The number of hydrogen-bond donors (Lipinski definition) is 1. The minimum atomic E-state index is -3.54. The molecule has 0 saturated carbocycles. The highest BCUT2D eigenvalue weighted by molar-refractivity contribution is 7.89. The lowest BCUT2D eigenvalue weighted by atomic mass is 10.0. The zero-order valence-electron chi connectivity index (χ0n) is 13.2. The average Bonchev–Trinajstić information content (AvgIpc) is 2.55. The minimum Gasteiger partial charge on any atom is -0.481 e. The first-order valence-corrected chi connectivity index (χ1v) is 9.30. The monoisotopic (exact) mass is 341 g/mol. The van der Waals surface area contributed by atoms with Crippen molar-refractivity contribution in [3.8, 4) is 0 Å². The van der Waals surface area contributed by atoms with Crippen molar-refractivity contribution in [2.45, 2.75) is 25.4 Å². The summed E-state index contributed by atoms with van der Waals surface area (Å²) >= 11 is 0. The van der Waals surface area contributed by atoms with Crippen LogP contribution in [0.3, 0.4) is 0 Å². The normalized spacial score (nSPS) is 21.0. The molecule has 1 N–H and O–H groups in total. The van der Waals surface area contributed by atoms with Crippen LogP contribution in [0.15, 0.2) is 30.3 Å². The van der Waals surface area contributed by atoms with Crippen LogP contribution in [0.4, 0.5) is 0 Å². The minimum absolute atomic E-state index is 0.0550. The number of carboxylic acids is 1. The van der Waals surface area contributed by atoms with Gasteiger partial charge in [0.1, 0.15) is 0 Å². The summed E-state index contributed by atoms with van der Waals surface area (Å²) in [6.07, 6.45) is 1.16. The van der Waals surface area contributed by atoms with E-state index in [1.54, 1.807) is 0 Å². The fourth-order valence-corrected chi connectivity index (χ4v) is 4.57. The first-order valence-electron chi connectivity index (χ1n) is 7.69. The molecule has 23 heavy (non-hydrogen) atoms. The molecule has 0 bridgehead atoms. The van der Waals surface area contributed by atoms with Crippen LogP contribution in [0.25, 0.3) is 0 Å². The Bertz CT molecular complexity index is 617. The van der Waals surface area contributed by atoms with Crippen LogP contribution in [0.5, 0.6) is 0 Å². The van der Waals surface area contributed by atoms with E-state index >= 15 is 0 Å². The second kappa shape index (κ2) is 7.90. The largest absolute Gasteiger partial charge is 0.481 e. The highest BCUT2D eigenvalue weighted by Gasteiger charge is 2.33. The fraction of sp³-hybridized carbons (Fsp3) is 0.562. The lowest BCUT2D eigenvalue weighted by molar-refractivity contribution is -0.142. The molecule has 128 valence electrons. The van der Waals surface area contributed by atoms with Crippen LogP contribution in [-0.4, -0.2) is 55.9 Å². The predicted molar refractivity (Wildman–Crippen MR) is 86.7 cm³/mol. The second-order valence-electron chi connectivity index (χ2n) is 5.86. The fourth-order valence-electron chi connectivity index (χ4n) is 2.82. The molecule has 1 aromatic carbocycles. The van der Waals surface area contributed by atoms with E-state index < -0.39 is 28.0 Å². The third kappa shape index (κ3) is 5.02. The Morgan fingerprint density at radius 2 is 2.09 bits per heavy atom. The topological polar surface area (TPSA) is 83.9 Å². The van der Waals surface area contributed by atoms with Crippen LogP contribution in [0.1, 0.15) is 18.4 Å². The smallest absolute Gasteiger partial charge is 0.307 e. The first kappa shape index (κ1) is 17.9. The molecule has 1 aliphatic heterocycles. The number of methoxy groups -OCH3 is 1. The highest BCUT2D eigenvalue weighted by atomic mass is 32.2. The molecule has 2 unspecified atom stereocenters. The quantitative estimate of drug-likeness (QED) is 0.810. The Labute approximate surface area is 137 Å². The van der Waals surface area contributed by atoms with Crippen molar-refractivity contribution in [3.05, 3.63) is 35.9 Å². The van der Waals surface area contributed by atoms with Gasteiger partial charge in [-0.15, -0.1) is 0 Å². The molecule has 0 spiro atoms. The van der Waals surface area contributed by atoms with Gasteiger partial charge in [0.15, 0.2) is 0 Å². The number of ether oxygens (including phenoxy) is 1. The predicted octanol–water partition coefficient (Wildman–Crippen LogP) is 1.37. The van der Waals surface area contributed by atoms with E-state index in [0.29, 0.717) is 25.8 Å². The van der Waals surface area contributed by atoms with Crippen molar-refractivity contribution in [1.29, 1.82) is 0 Å². The third-order valence-electron chi connectivity index (χ3n) is 4.16. The molecule has 2 rings (SSSR count). The number of aliphatic carboxylic acids is 1. The number of rotatable bonds is 7. The Balaban J connectivity index is 2.02. The summed E-state index contributed by atoms with van der Waals surface area (Å²) in [7, 11) is -2.04. The number of piperidine rings is 1. The highest BCUT2D eigenvalue weighted by Crippen LogP contribution is 2.21. The molecule has 2 atom stereocenters. The van der Waals surface area contributed by atoms with E-state index in [1.165, 1.54) is 11.4 Å². The van der Waals surface area contributed by atoms with Crippen LogP contribution in [0.2, 0.25) is 0 Å². The summed E-state index contributed by atoms with van der Waals surface area (Å²) in [5, 5.41) is 9.10. The van der Waals surface area contributed by atoms with Crippen LogP contribution in [0, 0.1) is 5.92 Å². The number of nitrogens with zero attached hydrogens (tertiary/aromatic N) is 1. The number of sulfonamides is 1. The van der Waals surface area contributed by atoms with Crippen molar-refractivity contribution in [2.75, 3.05) is 26.0 Å². The maximum Gasteiger partial charge on any atom is 0.307 e. The van der Waals surface area contributed by atoms with E-state index in [1.807, 2.05) is 30.3 Å². The zero-order valence-corrected chi connectivity index (χ0v) is 14.0. The molecule has 1 saturated heterocycles. The van der Waals surface area contributed by atoms with Crippen molar-refractivity contribution in [1.82, 2.24) is 4.31 Å². The summed E-state index contributed by atoms with van der Waals surface area (Å²) in [6, 6.07) is 9.57. The van der Waals surface area contributed by atoms with Gasteiger partial charge in [-0.2, -0.15) is 0 Å². The number of hydrogen-bond acceptors (Lipinski definition) is 4. The molecule has 0 aromatic heterocycles. The lowest BCUT2D eigenvalue weighted by Gasteiger charge is -2.31. The Morgan fingerprint density at radius 3 is 2.70 bits per heavy atom. The van der Waals surface area contributed by atoms with E-state index in [9.17, 15) is 13.2 Å². The van der Waals surface area contributed by atoms with Crippen molar-refractivity contribution in [3.63, 3.8) is 0 Å². The molecule has 0 radical (unpaired) electrons. The molecular formula is C16H23NO5S. The summed E-state index contributed by atoms with van der Waals surface area (Å²) in [5.74, 6) is -1.68. The van der Waals surface area contributed by atoms with Gasteiger partial charge in [-0.25, -0.2) is 12.7 Å². The van der Waals surface area contributed by atoms with E-state index in [0.717, 1.165) is 5.56 Å². The average molecular weight is 341 g/mol. The molecule has 6 nitrogen and oxygen atoms in total. The molecule has 0 amide bonds. The van der Waals surface area contributed by atoms with Gasteiger partial charge in [-0.05, 0) is 24.8 Å². The Kier molecular flexibility index (Phi) is 6.15. The van der Waals surface area contributed by atoms with Crippen molar-refractivity contribution >= 4 is 16.0 Å². The van der Waals surface area contributed by atoms with Crippen LogP contribution < -0.4 is 0 Å². The summed E-state index contributed by atoms with van der Waals surface area (Å²) in [5.41, 5.74) is 1.01. The van der Waals surface area contributed by atoms with E-state index in [-0.39, 0.29) is 12.3 Å². The number of carboxylic acid groups (broad SMARTS) is 1. The third-order valence-corrected chi connectivity index (χ3v) is 6.07. The maximum absolute atomic E-state index is 12.6. The molecule has 1 heterocycles. The zero-order chi connectivity index (χ0) is 16.9. The SMILES string of the molecule is COC(Cc1ccccc1)CS(=O)(=O)N1CCCC(C(=O)O)C1. The Hall–Kier alpha value is -1.44. The Morgan fingerprint density at radius 1 is 1.39 bits per heavy atom. The standard InChI is InChI=1S/C16H23NO5S/c1-22-15(10-13-6-3-2-4-7-13)12-23(20,21)17-9-5-8-14(11-17)16(18)19/h2-4,6-7,14-15H,5,8-12H2,1H3,(H,18,19). The molecule has 1 fully saturated rings. The number of benzene rings is 1. The second-order valence-corrected chi connectivity index (χ2v) is 7.87. The molecule has 1 aliphatic rings. The molecular weight excluding hydrogens is 318 g/mol. The first-order chi connectivity index (χ1) is 10.9. The maximum atomic E-state index is 12.6. The van der Waals surface area contributed by atoms with Crippen molar-refractivity contribution in [2.24, 2.45) is 5.92 Å². The van der Waals surface area contributed by atoms with Gasteiger partial charge in [0.2, 0.25) is 10.0 Å².